The van der Waals surface area contributed by atoms with Crippen LogP contribution in [0.3, 0.4) is 0 Å². The van der Waals surface area contributed by atoms with Crippen molar-refractivity contribution < 1.29 is 31.1 Å². The zero-order chi connectivity index (χ0) is 33.1. The topological polar surface area (TPSA) is 67.2 Å². The molecule has 0 fully saturated rings. The monoisotopic (exact) mass is 632 g/mol. The molecule has 4 aromatic rings. The molecule has 45 heavy (non-hydrogen) atoms. The molecule has 6 nitrogen and oxygen atoms in total. The highest BCUT2D eigenvalue weighted by Crippen LogP contribution is 2.38. The Bertz CT molecular complexity index is 1680. The number of para-hydroxylation sites is 1. The van der Waals surface area contributed by atoms with Crippen LogP contribution in [0.1, 0.15) is 69.1 Å². The first-order valence-electron chi connectivity index (χ1n) is 14.6. The van der Waals surface area contributed by atoms with Gasteiger partial charge in [0.2, 0.25) is 0 Å². The van der Waals surface area contributed by atoms with Gasteiger partial charge in [-0.15, -0.1) is 0 Å². The van der Waals surface area contributed by atoms with Crippen LogP contribution in [0.4, 0.5) is 36.8 Å². The molecule has 1 atom stereocenters. The molecular formula is C33H34F6N4O2. The summed E-state index contributed by atoms with van der Waals surface area (Å²) in [4.78, 5) is 33.9. The lowest BCUT2D eigenvalue weighted by Crippen LogP contribution is -2.41. The lowest BCUT2D eigenvalue weighted by Gasteiger charge is -2.33. The molecular weight excluding hydrogens is 598 g/mol. The van der Waals surface area contributed by atoms with Gasteiger partial charge in [0.25, 0.3) is 5.56 Å². The Hall–Kier alpha value is -4.35. The first-order chi connectivity index (χ1) is 21.1. The van der Waals surface area contributed by atoms with E-state index in [2.05, 4.69) is 5.32 Å². The standard InChI is InChI=1S/C33H34F6N4O2/c1-5-21-11-13-25(14-12-21)43-29(41-27-10-8-7-9-26(27)30(43)44)28(6-2)42(16-15-20(3)4)31(45)40-24-18-22(32(34,35)36)17-23(19-24)33(37,38)39/h7-14,17-20,28H,5-6,15-16H2,1-4H3,(H,40,45). The van der Waals surface area contributed by atoms with Gasteiger partial charge in [-0.05, 0) is 73.2 Å². The van der Waals surface area contributed by atoms with Gasteiger partial charge in [-0.1, -0.05) is 52.0 Å². The molecule has 0 aliphatic rings. The number of aromatic nitrogens is 2. The van der Waals surface area contributed by atoms with Gasteiger partial charge in [0.05, 0.1) is 33.8 Å². The molecule has 3 aromatic carbocycles. The Labute approximate surface area is 256 Å². The second kappa shape index (κ2) is 13.3. The Morgan fingerprint density at radius 1 is 0.911 bits per heavy atom. The van der Waals surface area contributed by atoms with E-state index in [0.29, 0.717) is 35.1 Å². The Kier molecular flexibility index (Phi) is 9.94. The molecule has 0 aliphatic heterocycles. The largest absolute Gasteiger partial charge is 0.416 e. The van der Waals surface area contributed by atoms with Crippen molar-refractivity contribution in [2.24, 2.45) is 5.92 Å². The summed E-state index contributed by atoms with van der Waals surface area (Å²) in [7, 11) is 0. The zero-order valence-corrected chi connectivity index (χ0v) is 25.3. The van der Waals surface area contributed by atoms with Crippen LogP contribution in [-0.2, 0) is 18.8 Å². The van der Waals surface area contributed by atoms with Crippen molar-refractivity contribution in [1.29, 1.82) is 0 Å². The Morgan fingerprint density at radius 2 is 1.51 bits per heavy atom. The number of fused-ring (bicyclic) bond motifs is 1. The molecule has 0 saturated carbocycles. The minimum atomic E-state index is -5.08. The van der Waals surface area contributed by atoms with Crippen molar-refractivity contribution in [2.45, 2.75) is 65.4 Å². The normalized spacial score (nSPS) is 12.9. The van der Waals surface area contributed by atoms with Crippen molar-refractivity contribution in [3.05, 3.63) is 99.6 Å². The number of hydrogen-bond acceptors (Lipinski definition) is 3. The third-order valence-electron chi connectivity index (χ3n) is 7.51. The molecule has 1 N–H and O–H groups in total. The summed E-state index contributed by atoms with van der Waals surface area (Å²) in [6.07, 6.45) is -8.70. The van der Waals surface area contributed by atoms with E-state index in [0.717, 1.165) is 12.0 Å². The smallest absolute Gasteiger partial charge is 0.314 e. The zero-order valence-electron chi connectivity index (χ0n) is 25.3. The van der Waals surface area contributed by atoms with Gasteiger partial charge in [-0.3, -0.25) is 9.36 Å². The fourth-order valence-corrected chi connectivity index (χ4v) is 5.06. The van der Waals surface area contributed by atoms with Gasteiger partial charge in [0, 0.05) is 12.2 Å². The number of carbonyl (C=O) groups excluding carboxylic acids is 1. The van der Waals surface area contributed by atoms with E-state index in [1.807, 2.05) is 32.9 Å². The second-order valence-electron chi connectivity index (χ2n) is 11.2. The number of anilines is 1. The molecule has 0 bridgehead atoms. The van der Waals surface area contributed by atoms with E-state index in [4.69, 9.17) is 4.98 Å². The second-order valence-corrected chi connectivity index (χ2v) is 11.2. The van der Waals surface area contributed by atoms with Crippen LogP contribution in [0.2, 0.25) is 0 Å². The number of carbonyl (C=O) groups is 1. The van der Waals surface area contributed by atoms with Crippen LogP contribution in [0, 0.1) is 5.92 Å². The fraction of sp³-hybridized carbons (Fsp3) is 0.364. The van der Waals surface area contributed by atoms with Gasteiger partial charge < -0.3 is 10.2 Å². The summed E-state index contributed by atoms with van der Waals surface area (Å²) in [5.41, 5.74) is -2.22. The van der Waals surface area contributed by atoms with Crippen LogP contribution in [0.15, 0.2) is 71.5 Å². The molecule has 1 unspecified atom stereocenters. The molecule has 0 spiro atoms. The average Bonchev–Trinajstić information content (AvgIpc) is 2.98. The van der Waals surface area contributed by atoms with Crippen LogP contribution in [0.5, 0.6) is 0 Å². The third kappa shape index (κ3) is 7.66. The number of aryl methyl sites for hydroxylation is 1. The number of urea groups is 1. The molecule has 0 radical (unpaired) electrons. The van der Waals surface area contributed by atoms with Crippen LogP contribution >= 0.6 is 0 Å². The number of nitrogens with zero attached hydrogens (tertiary/aromatic N) is 3. The van der Waals surface area contributed by atoms with E-state index in [1.54, 1.807) is 43.3 Å². The van der Waals surface area contributed by atoms with E-state index >= 15 is 0 Å². The highest BCUT2D eigenvalue weighted by Gasteiger charge is 2.37. The van der Waals surface area contributed by atoms with Crippen molar-refractivity contribution in [1.82, 2.24) is 14.5 Å². The average molecular weight is 633 g/mol. The molecule has 4 rings (SSSR count). The minimum absolute atomic E-state index is 0.00252. The van der Waals surface area contributed by atoms with Gasteiger partial charge in [-0.2, -0.15) is 26.3 Å². The minimum Gasteiger partial charge on any atom is -0.314 e. The maximum absolute atomic E-state index is 13.9. The Balaban J connectivity index is 1.87. The maximum atomic E-state index is 13.9. The van der Waals surface area contributed by atoms with Crippen molar-refractivity contribution in [3.63, 3.8) is 0 Å². The fourth-order valence-electron chi connectivity index (χ4n) is 5.06. The van der Waals surface area contributed by atoms with Crippen LogP contribution in [0.25, 0.3) is 16.6 Å². The molecule has 0 saturated heterocycles. The van der Waals surface area contributed by atoms with Gasteiger partial charge in [0.1, 0.15) is 5.82 Å². The number of benzene rings is 3. The number of nitrogens with one attached hydrogen (secondary N) is 1. The number of hydrogen-bond donors (Lipinski definition) is 1. The predicted molar refractivity (Wildman–Crippen MR) is 161 cm³/mol. The first-order valence-corrected chi connectivity index (χ1v) is 14.6. The number of alkyl halides is 6. The Morgan fingerprint density at radius 3 is 2.04 bits per heavy atom. The summed E-state index contributed by atoms with van der Waals surface area (Å²) < 4.78 is 82.6. The van der Waals surface area contributed by atoms with E-state index < -0.39 is 41.2 Å². The lowest BCUT2D eigenvalue weighted by molar-refractivity contribution is -0.143. The van der Waals surface area contributed by atoms with E-state index in [-0.39, 0.29) is 36.3 Å². The number of halogens is 6. The van der Waals surface area contributed by atoms with Crippen LogP contribution < -0.4 is 10.9 Å². The van der Waals surface area contributed by atoms with Crippen molar-refractivity contribution in [3.8, 4) is 5.69 Å². The SMILES string of the molecule is CCc1ccc(-n2c(C(CC)N(CCC(C)C)C(=O)Nc3cc(C(F)(F)F)cc(C(F)(F)F)c3)nc3ccccc3c2=O)cc1. The summed E-state index contributed by atoms with van der Waals surface area (Å²) in [5.74, 6) is 0.306. The highest BCUT2D eigenvalue weighted by atomic mass is 19.4. The van der Waals surface area contributed by atoms with Gasteiger partial charge >= 0.3 is 18.4 Å². The van der Waals surface area contributed by atoms with E-state index in [9.17, 15) is 35.9 Å². The number of amides is 2. The van der Waals surface area contributed by atoms with E-state index in [1.165, 1.54) is 9.47 Å². The van der Waals surface area contributed by atoms with Crippen molar-refractivity contribution in [2.75, 3.05) is 11.9 Å². The molecule has 1 aromatic heterocycles. The molecule has 240 valence electrons. The first kappa shape index (κ1) is 33.5. The highest BCUT2D eigenvalue weighted by molar-refractivity contribution is 5.90. The summed E-state index contributed by atoms with van der Waals surface area (Å²) in [6.45, 7) is 7.67. The predicted octanol–water partition coefficient (Wildman–Crippen LogP) is 9.02. The molecule has 0 aliphatic carbocycles. The maximum Gasteiger partial charge on any atom is 0.416 e. The molecule has 2 amide bonds. The number of rotatable bonds is 9. The molecule has 12 heteroatoms. The lowest BCUT2D eigenvalue weighted by atomic mass is 10.1. The summed E-state index contributed by atoms with van der Waals surface area (Å²) >= 11 is 0. The quantitative estimate of drug-likeness (QED) is 0.187. The summed E-state index contributed by atoms with van der Waals surface area (Å²) in [6, 6.07) is 13.1. The third-order valence-corrected chi connectivity index (χ3v) is 7.51. The van der Waals surface area contributed by atoms with Crippen molar-refractivity contribution >= 4 is 22.6 Å². The molecule has 1 heterocycles. The van der Waals surface area contributed by atoms with Crippen LogP contribution in [-0.4, -0.2) is 27.0 Å². The summed E-state index contributed by atoms with van der Waals surface area (Å²) in [5, 5.41) is 2.62. The van der Waals surface area contributed by atoms with Gasteiger partial charge in [0.15, 0.2) is 0 Å². The van der Waals surface area contributed by atoms with Gasteiger partial charge in [-0.25, -0.2) is 9.78 Å².